The van der Waals surface area contributed by atoms with E-state index in [-0.39, 0.29) is 6.10 Å². The minimum atomic E-state index is -0.477. The lowest BCUT2D eigenvalue weighted by Gasteiger charge is -2.23. The van der Waals surface area contributed by atoms with Gasteiger partial charge in [-0.3, -0.25) is 0 Å². The van der Waals surface area contributed by atoms with Crippen molar-refractivity contribution >= 4 is 0 Å². The standard InChI is InChI=1S/C7H17NO/c1-5-6(2)9-7(3,4)8/h6H,5,8H2,1-4H3. The van der Waals surface area contributed by atoms with Crippen LogP contribution >= 0.6 is 0 Å². The molecule has 0 spiro atoms. The van der Waals surface area contributed by atoms with Crippen LogP contribution in [0.4, 0.5) is 0 Å². The van der Waals surface area contributed by atoms with Crippen LogP contribution in [0, 0.1) is 0 Å². The van der Waals surface area contributed by atoms with E-state index in [9.17, 15) is 0 Å². The molecule has 0 aliphatic heterocycles. The summed E-state index contributed by atoms with van der Waals surface area (Å²) in [5, 5.41) is 0. The summed E-state index contributed by atoms with van der Waals surface area (Å²) >= 11 is 0. The summed E-state index contributed by atoms with van der Waals surface area (Å²) in [6, 6.07) is 0. The van der Waals surface area contributed by atoms with Gasteiger partial charge in [-0.2, -0.15) is 0 Å². The van der Waals surface area contributed by atoms with Gasteiger partial charge in [-0.05, 0) is 27.2 Å². The number of nitrogens with two attached hydrogens (primary N) is 1. The first-order chi connectivity index (χ1) is 3.95. The molecule has 2 N–H and O–H groups in total. The Hall–Kier alpha value is -0.0800. The molecule has 0 aromatic rings. The molecule has 56 valence electrons. The van der Waals surface area contributed by atoms with Crippen LogP contribution in [-0.2, 0) is 4.74 Å². The smallest absolute Gasteiger partial charge is 0.111 e. The summed E-state index contributed by atoms with van der Waals surface area (Å²) in [5.74, 6) is 0. The Morgan fingerprint density at radius 2 is 2.00 bits per heavy atom. The van der Waals surface area contributed by atoms with Gasteiger partial charge in [-0.15, -0.1) is 0 Å². The molecule has 1 atom stereocenters. The van der Waals surface area contributed by atoms with E-state index in [1.165, 1.54) is 0 Å². The average molecular weight is 131 g/mol. The van der Waals surface area contributed by atoms with Crippen LogP contribution in [0.1, 0.15) is 34.1 Å². The Bertz CT molecular complexity index is 75.5. The fourth-order valence-electron chi connectivity index (χ4n) is 0.602. The molecular formula is C7H17NO. The van der Waals surface area contributed by atoms with Gasteiger partial charge in [0.1, 0.15) is 5.72 Å². The van der Waals surface area contributed by atoms with E-state index in [1.807, 2.05) is 20.8 Å². The predicted molar refractivity (Wildman–Crippen MR) is 39.1 cm³/mol. The maximum Gasteiger partial charge on any atom is 0.111 e. The van der Waals surface area contributed by atoms with E-state index in [0.29, 0.717) is 0 Å². The van der Waals surface area contributed by atoms with Gasteiger partial charge in [0, 0.05) is 0 Å². The zero-order valence-electron chi connectivity index (χ0n) is 6.77. The molecule has 0 fully saturated rings. The van der Waals surface area contributed by atoms with Crippen molar-refractivity contribution < 1.29 is 4.74 Å². The molecule has 0 bridgehead atoms. The Kier molecular flexibility index (Phi) is 3.15. The van der Waals surface area contributed by atoms with Crippen molar-refractivity contribution in [3.63, 3.8) is 0 Å². The zero-order valence-corrected chi connectivity index (χ0v) is 6.77. The van der Waals surface area contributed by atoms with Gasteiger partial charge in [0.25, 0.3) is 0 Å². The van der Waals surface area contributed by atoms with Crippen LogP contribution in [0.25, 0.3) is 0 Å². The second-order valence-electron chi connectivity index (χ2n) is 2.94. The second-order valence-corrected chi connectivity index (χ2v) is 2.94. The van der Waals surface area contributed by atoms with Crippen molar-refractivity contribution in [3.05, 3.63) is 0 Å². The Morgan fingerprint density at radius 1 is 1.56 bits per heavy atom. The van der Waals surface area contributed by atoms with E-state index in [4.69, 9.17) is 10.5 Å². The quantitative estimate of drug-likeness (QED) is 0.589. The molecule has 0 aromatic carbocycles. The summed E-state index contributed by atoms with van der Waals surface area (Å²) in [6.45, 7) is 7.82. The van der Waals surface area contributed by atoms with Crippen LogP contribution in [0.2, 0.25) is 0 Å². The van der Waals surface area contributed by atoms with Crippen molar-refractivity contribution in [3.8, 4) is 0 Å². The molecule has 9 heavy (non-hydrogen) atoms. The van der Waals surface area contributed by atoms with E-state index in [2.05, 4.69) is 6.92 Å². The minimum Gasteiger partial charge on any atom is -0.359 e. The lowest BCUT2D eigenvalue weighted by atomic mass is 10.3. The molecule has 0 heterocycles. The topological polar surface area (TPSA) is 35.2 Å². The first-order valence-corrected chi connectivity index (χ1v) is 3.42. The molecule has 2 nitrogen and oxygen atoms in total. The summed E-state index contributed by atoms with van der Waals surface area (Å²) < 4.78 is 5.36. The van der Waals surface area contributed by atoms with Crippen molar-refractivity contribution in [2.45, 2.75) is 45.9 Å². The maximum absolute atomic E-state index is 5.59. The number of rotatable bonds is 3. The van der Waals surface area contributed by atoms with Gasteiger partial charge >= 0.3 is 0 Å². The molecular weight excluding hydrogens is 114 g/mol. The Labute approximate surface area is 57.4 Å². The third-order valence-electron chi connectivity index (χ3n) is 1.08. The number of ether oxygens (including phenoxy) is 1. The zero-order chi connectivity index (χ0) is 7.49. The van der Waals surface area contributed by atoms with Gasteiger partial charge in [0.05, 0.1) is 6.10 Å². The lowest BCUT2D eigenvalue weighted by molar-refractivity contribution is -0.0603. The molecule has 2 heteroatoms. The molecule has 0 rings (SSSR count). The second kappa shape index (κ2) is 3.18. The summed E-state index contributed by atoms with van der Waals surface area (Å²) in [4.78, 5) is 0. The van der Waals surface area contributed by atoms with Crippen LogP contribution < -0.4 is 5.73 Å². The largest absolute Gasteiger partial charge is 0.359 e. The maximum atomic E-state index is 5.59. The van der Waals surface area contributed by atoms with E-state index >= 15 is 0 Å². The van der Waals surface area contributed by atoms with Crippen LogP contribution in [0.5, 0.6) is 0 Å². The van der Waals surface area contributed by atoms with Crippen molar-refractivity contribution in [2.24, 2.45) is 5.73 Å². The van der Waals surface area contributed by atoms with E-state index in [0.717, 1.165) is 6.42 Å². The molecule has 0 amide bonds. The first kappa shape index (κ1) is 8.92. The van der Waals surface area contributed by atoms with Crippen molar-refractivity contribution in [1.82, 2.24) is 0 Å². The SMILES string of the molecule is CCC(C)OC(C)(C)N. The monoisotopic (exact) mass is 131 g/mol. The average Bonchev–Trinajstić information content (AvgIpc) is 1.62. The normalized spacial score (nSPS) is 15.7. The van der Waals surface area contributed by atoms with Crippen molar-refractivity contribution in [2.75, 3.05) is 0 Å². The molecule has 0 saturated heterocycles. The van der Waals surface area contributed by atoms with Crippen molar-refractivity contribution in [1.29, 1.82) is 0 Å². The van der Waals surface area contributed by atoms with Gasteiger partial charge in [0.2, 0.25) is 0 Å². The van der Waals surface area contributed by atoms with Gasteiger partial charge in [-0.25, -0.2) is 0 Å². The highest BCUT2D eigenvalue weighted by Gasteiger charge is 2.13. The summed E-state index contributed by atoms with van der Waals surface area (Å²) in [7, 11) is 0. The minimum absolute atomic E-state index is 0.269. The fourth-order valence-corrected chi connectivity index (χ4v) is 0.602. The van der Waals surface area contributed by atoms with Gasteiger partial charge in [-0.1, -0.05) is 6.92 Å². The summed E-state index contributed by atoms with van der Waals surface area (Å²) in [5.41, 5.74) is 5.11. The number of hydrogen-bond acceptors (Lipinski definition) is 2. The van der Waals surface area contributed by atoms with E-state index in [1.54, 1.807) is 0 Å². The van der Waals surface area contributed by atoms with E-state index < -0.39 is 5.72 Å². The predicted octanol–water partition coefficient (Wildman–Crippen LogP) is 1.50. The van der Waals surface area contributed by atoms with Crippen LogP contribution in [0.3, 0.4) is 0 Å². The Balaban J connectivity index is 3.47. The molecule has 0 saturated carbocycles. The highest BCUT2D eigenvalue weighted by Crippen LogP contribution is 2.06. The molecule has 0 aliphatic carbocycles. The van der Waals surface area contributed by atoms with Gasteiger partial charge in [0.15, 0.2) is 0 Å². The fraction of sp³-hybridized carbons (Fsp3) is 1.00. The lowest BCUT2D eigenvalue weighted by Crippen LogP contribution is -2.38. The molecule has 1 unspecified atom stereocenters. The third kappa shape index (κ3) is 5.80. The molecule has 0 aliphatic rings. The highest BCUT2D eigenvalue weighted by molar-refractivity contribution is 4.59. The number of hydrogen-bond donors (Lipinski definition) is 1. The van der Waals surface area contributed by atoms with Gasteiger partial charge < -0.3 is 10.5 Å². The molecule has 0 radical (unpaired) electrons. The molecule has 0 aromatic heterocycles. The van der Waals surface area contributed by atoms with Crippen LogP contribution in [0.15, 0.2) is 0 Å². The Morgan fingerprint density at radius 3 is 2.11 bits per heavy atom. The van der Waals surface area contributed by atoms with Crippen LogP contribution in [-0.4, -0.2) is 11.8 Å². The third-order valence-corrected chi connectivity index (χ3v) is 1.08. The highest BCUT2D eigenvalue weighted by atomic mass is 16.5. The summed E-state index contributed by atoms with van der Waals surface area (Å²) in [6.07, 6.45) is 1.28. The first-order valence-electron chi connectivity index (χ1n) is 3.42.